The molecule has 1 aliphatic heterocycles. The Kier molecular flexibility index (Phi) is 5.00. The molecule has 3 nitrogen and oxygen atoms in total. The number of rotatable bonds is 4. The summed E-state index contributed by atoms with van der Waals surface area (Å²) in [5.41, 5.74) is 4.11. The first-order valence-electron chi connectivity index (χ1n) is 6.48. The normalized spacial score (nSPS) is 25.9. The predicted octanol–water partition coefficient (Wildman–Crippen LogP) is 2.62. The molecule has 100 valence electrons. The Morgan fingerprint density at radius 2 is 2.11 bits per heavy atom. The summed E-state index contributed by atoms with van der Waals surface area (Å²) in [6.07, 6.45) is 4.37. The van der Waals surface area contributed by atoms with Gasteiger partial charge in [-0.2, -0.15) is 0 Å². The molecule has 1 aromatic rings. The fourth-order valence-corrected chi connectivity index (χ4v) is 2.90. The van der Waals surface area contributed by atoms with Crippen LogP contribution in [0.4, 0.5) is 0 Å². The van der Waals surface area contributed by atoms with Gasteiger partial charge in [0.1, 0.15) is 0 Å². The maximum atomic E-state index is 5.97. The van der Waals surface area contributed by atoms with E-state index in [1.807, 2.05) is 0 Å². The molecule has 0 amide bonds. The van der Waals surface area contributed by atoms with Crippen LogP contribution in [-0.2, 0) is 11.2 Å². The highest BCUT2D eigenvalue weighted by atomic mass is 127. The van der Waals surface area contributed by atoms with Crippen LogP contribution in [0.5, 0.6) is 0 Å². The van der Waals surface area contributed by atoms with Gasteiger partial charge in [0.2, 0.25) is 0 Å². The lowest BCUT2D eigenvalue weighted by molar-refractivity contribution is -0.0884. The van der Waals surface area contributed by atoms with E-state index in [0.717, 1.165) is 25.9 Å². The van der Waals surface area contributed by atoms with Gasteiger partial charge < -0.3 is 4.74 Å². The number of benzene rings is 1. The van der Waals surface area contributed by atoms with Crippen molar-refractivity contribution < 1.29 is 4.74 Å². The van der Waals surface area contributed by atoms with E-state index in [4.69, 9.17) is 10.6 Å². The molecule has 3 N–H and O–H groups in total. The maximum Gasteiger partial charge on any atom is 0.0823 e. The van der Waals surface area contributed by atoms with Crippen molar-refractivity contribution in [2.24, 2.45) is 5.84 Å². The molecule has 0 radical (unpaired) electrons. The standard InChI is InChI=1S/C14H21IN2O/c1-14(8-2-3-9-18-14)13(17-16)10-11-4-6-12(15)7-5-11/h4-7,13,17H,2-3,8-10,16H2,1H3. The van der Waals surface area contributed by atoms with E-state index in [-0.39, 0.29) is 11.6 Å². The zero-order valence-corrected chi connectivity index (χ0v) is 12.9. The second kappa shape index (κ2) is 6.32. The molecular formula is C14H21IN2O. The highest BCUT2D eigenvalue weighted by Crippen LogP contribution is 2.29. The van der Waals surface area contributed by atoms with Crippen LogP contribution in [0.25, 0.3) is 0 Å². The van der Waals surface area contributed by atoms with Crippen molar-refractivity contribution in [3.63, 3.8) is 0 Å². The van der Waals surface area contributed by atoms with E-state index in [0.29, 0.717) is 0 Å². The Labute approximate surface area is 123 Å². The zero-order valence-electron chi connectivity index (χ0n) is 10.8. The van der Waals surface area contributed by atoms with Gasteiger partial charge >= 0.3 is 0 Å². The van der Waals surface area contributed by atoms with Gasteiger partial charge in [-0.3, -0.25) is 11.3 Å². The Hall–Kier alpha value is -0.170. The zero-order chi connectivity index (χ0) is 13.0. The van der Waals surface area contributed by atoms with Gasteiger partial charge in [-0.25, -0.2) is 0 Å². The first kappa shape index (κ1) is 14.2. The lowest BCUT2D eigenvalue weighted by Crippen LogP contribution is -2.55. The molecule has 18 heavy (non-hydrogen) atoms. The van der Waals surface area contributed by atoms with E-state index < -0.39 is 0 Å². The molecule has 1 fully saturated rings. The van der Waals surface area contributed by atoms with Crippen molar-refractivity contribution in [1.82, 2.24) is 5.43 Å². The summed E-state index contributed by atoms with van der Waals surface area (Å²) >= 11 is 2.32. The van der Waals surface area contributed by atoms with E-state index in [2.05, 4.69) is 59.2 Å². The molecule has 1 aliphatic rings. The lowest BCUT2D eigenvalue weighted by Gasteiger charge is -2.40. The maximum absolute atomic E-state index is 5.97. The Morgan fingerprint density at radius 3 is 2.67 bits per heavy atom. The molecule has 0 saturated carbocycles. The molecule has 2 atom stereocenters. The monoisotopic (exact) mass is 360 g/mol. The molecule has 1 saturated heterocycles. The molecular weight excluding hydrogens is 339 g/mol. The van der Waals surface area contributed by atoms with Crippen LogP contribution in [0.15, 0.2) is 24.3 Å². The average molecular weight is 360 g/mol. The Morgan fingerprint density at radius 1 is 1.39 bits per heavy atom. The van der Waals surface area contributed by atoms with Gasteiger partial charge in [-0.05, 0) is 72.9 Å². The fraction of sp³-hybridized carbons (Fsp3) is 0.571. The van der Waals surface area contributed by atoms with Gasteiger partial charge in [0.05, 0.1) is 11.6 Å². The Balaban J connectivity index is 2.06. The van der Waals surface area contributed by atoms with Crippen molar-refractivity contribution >= 4 is 22.6 Å². The molecule has 1 aromatic carbocycles. The first-order chi connectivity index (χ1) is 8.64. The minimum absolute atomic E-state index is 0.143. The molecule has 0 aliphatic carbocycles. The van der Waals surface area contributed by atoms with Crippen molar-refractivity contribution in [3.8, 4) is 0 Å². The SMILES string of the molecule is CC1(C(Cc2ccc(I)cc2)NN)CCCCO1. The summed E-state index contributed by atoms with van der Waals surface area (Å²) in [5.74, 6) is 5.74. The molecule has 1 heterocycles. The number of halogens is 1. The van der Waals surface area contributed by atoms with Gasteiger partial charge in [0, 0.05) is 10.2 Å². The Bertz CT molecular complexity index is 374. The number of ether oxygens (including phenoxy) is 1. The highest BCUT2D eigenvalue weighted by Gasteiger charge is 2.36. The van der Waals surface area contributed by atoms with Crippen LogP contribution in [0.3, 0.4) is 0 Å². The quantitative estimate of drug-likeness (QED) is 0.493. The second-order valence-electron chi connectivity index (χ2n) is 5.17. The molecule has 0 bridgehead atoms. The lowest BCUT2D eigenvalue weighted by atomic mass is 9.85. The van der Waals surface area contributed by atoms with Gasteiger partial charge in [0.25, 0.3) is 0 Å². The van der Waals surface area contributed by atoms with E-state index in [1.165, 1.54) is 15.6 Å². The minimum Gasteiger partial charge on any atom is -0.374 e. The summed E-state index contributed by atoms with van der Waals surface area (Å²) in [5, 5.41) is 0. The summed E-state index contributed by atoms with van der Waals surface area (Å²) < 4.78 is 7.23. The summed E-state index contributed by atoms with van der Waals surface area (Å²) in [4.78, 5) is 0. The molecule has 4 heteroatoms. The third-order valence-corrected chi connectivity index (χ3v) is 4.51. The van der Waals surface area contributed by atoms with E-state index in [9.17, 15) is 0 Å². The minimum atomic E-state index is -0.143. The third-order valence-electron chi connectivity index (χ3n) is 3.79. The van der Waals surface area contributed by atoms with Gasteiger partial charge in [-0.15, -0.1) is 0 Å². The fourth-order valence-electron chi connectivity index (χ4n) is 2.54. The van der Waals surface area contributed by atoms with Crippen molar-refractivity contribution in [1.29, 1.82) is 0 Å². The van der Waals surface area contributed by atoms with Crippen LogP contribution in [-0.4, -0.2) is 18.2 Å². The predicted molar refractivity (Wildman–Crippen MR) is 82.2 cm³/mol. The topological polar surface area (TPSA) is 47.3 Å². The average Bonchev–Trinajstić information content (AvgIpc) is 2.38. The van der Waals surface area contributed by atoms with Crippen molar-refractivity contribution in [2.75, 3.05) is 6.61 Å². The van der Waals surface area contributed by atoms with Crippen molar-refractivity contribution in [3.05, 3.63) is 33.4 Å². The molecule has 2 rings (SSSR count). The molecule has 2 unspecified atom stereocenters. The van der Waals surface area contributed by atoms with E-state index in [1.54, 1.807) is 0 Å². The van der Waals surface area contributed by atoms with Crippen LogP contribution in [0, 0.1) is 3.57 Å². The van der Waals surface area contributed by atoms with Gasteiger partial charge in [-0.1, -0.05) is 12.1 Å². The number of hydrogen-bond acceptors (Lipinski definition) is 3. The number of nitrogens with two attached hydrogens (primary N) is 1. The smallest absolute Gasteiger partial charge is 0.0823 e. The third kappa shape index (κ3) is 3.44. The number of hydrogen-bond donors (Lipinski definition) is 2. The summed E-state index contributed by atoms with van der Waals surface area (Å²) in [6.45, 7) is 3.02. The van der Waals surface area contributed by atoms with Gasteiger partial charge in [0.15, 0.2) is 0 Å². The number of nitrogens with one attached hydrogen (secondary N) is 1. The van der Waals surface area contributed by atoms with Crippen LogP contribution < -0.4 is 11.3 Å². The molecule has 0 spiro atoms. The van der Waals surface area contributed by atoms with Crippen LogP contribution >= 0.6 is 22.6 Å². The summed E-state index contributed by atoms with van der Waals surface area (Å²) in [6, 6.07) is 8.76. The first-order valence-corrected chi connectivity index (χ1v) is 7.56. The van der Waals surface area contributed by atoms with Crippen molar-refractivity contribution in [2.45, 2.75) is 44.2 Å². The highest BCUT2D eigenvalue weighted by molar-refractivity contribution is 14.1. The van der Waals surface area contributed by atoms with Crippen LogP contribution in [0.1, 0.15) is 31.7 Å². The number of hydrazine groups is 1. The van der Waals surface area contributed by atoms with E-state index >= 15 is 0 Å². The summed E-state index contributed by atoms with van der Waals surface area (Å²) in [7, 11) is 0. The molecule has 0 aromatic heterocycles. The second-order valence-corrected chi connectivity index (χ2v) is 6.41. The van der Waals surface area contributed by atoms with Crippen LogP contribution in [0.2, 0.25) is 0 Å². The largest absolute Gasteiger partial charge is 0.374 e.